The van der Waals surface area contributed by atoms with Crippen molar-refractivity contribution in [3.63, 3.8) is 0 Å². The van der Waals surface area contributed by atoms with Gasteiger partial charge in [-0.15, -0.1) is 0 Å². The second kappa shape index (κ2) is 3.56. The van der Waals surface area contributed by atoms with Crippen LogP contribution in [0.25, 0.3) is 0 Å². The minimum absolute atomic E-state index is 0.148. The first-order valence-corrected chi connectivity index (χ1v) is 7.17. The zero-order chi connectivity index (χ0) is 12.3. The van der Waals surface area contributed by atoms with Gasteiger partial charge < -0.3 is 9.63 Å². The number of aliphatic hydroxyl groups is 1. The van der Waals surface area contributed by atoms with Gasteiger partial charge in [0.15, 0.2) is 5.82 Å². The Kier molecular flexibility index (Phi) is 2.17. The third kappa shape index (κ3) is 1.48. The molecule has 1 atom stereocenters. The predicted molar refractivity (Wildman–Crippen MR) is 64.8 cm³/mol. The molecule has 5 rings (SSSR count). The SMILES string of the molecule is CC(O)c1noc(C23CC4CC(CC(C4)C2)C3)n1. The first-order valence-electron chi connectivity index (χ1n) is 7.17. The van der Waals surface area contributed by atoms with Gasteiger partial charge in [0.2, 0.25) is 5.89 Å². The summed E-state index contributed by atoms with van der Waals surface area (Å²) in [5.41, 5.74) is 0.148. The van der Waals surface area contributed by atoms with Crippen molar-refractivity contribution in [3.8, 4) is 0 Å². The molecule has 0 aliphatic heterocycles. The van der Waals surface area contributed by atoms with Gasteiger partial charge in [-0.3, -0.25) is 0 Å². The van der Waals surface area contributed by atoms with Crippen LogP contribution < -0.4 is 0 Å². The first kappa shape index (κ1) is 11.0. The summed E-state index contributed by atoms with van der Waals surface area (Å²) in [5, 5.41) is 13.5. The molecule has 1 heterocycles. The van der Waals surface area contributed by atoms with Crippen LogP contribution in [0.15, 0.2) is 4.52 Å². The summed E-state index contributed by atoms with van der Waals surface area (Å²) in [7, 11) is 0. The lowest BCUT2D eigenvalue weighted by Gasteiger charge is -2.55. The molecule has 0 radical (unpaired) electrons. The number of nitrogens with zero attached hydrogens (tertiary/aromatic N) is 2. The molecule has 98 valence electrons. The molecule has 1 unspecified atom stereocenters. The summed E-state index contributed by atoms with van der Waals surface area (Å²) in [6.45, 7) is 1.69. The standard InChI is InChI=1S/C14H20N2O2/c1-8(17)12-15-13(18-16-12)14-5-9-2-10(6-14)4-11(3-9)7-14/h8-11,17H,2-7H2,1H3. The molecular weight excluding hydrogens is 228 g/mol. The lowest BCUT2D eigenvalue weighted by Crippen LogP contribution is -2.48. The van der Waals surface area contributed by atoms with Crippen molar-refractivity contribution >= 4 is 0 Å². The van der Waals surface area contributed by atoms with Crippen molar-refractivity contribution < 1.29 is 9.63 Å². The molecule has 4 nitrogen and oxygen atoms in total. The second-order valence-corrected chi connectivity index (χ2v) is 6.83. The number of aromatic nitrogens is 2. The third-order valence-corrected chi connectivity index (χ3v) is 5.31. The van der Waals surface area contributed by atoms with E-state index in [-0.39, 0.29) is 5.41 Å². The van der Waals surface area contributed by atoms with Crippen LogP contribution in [0.3, 0.4) is 0 Å². The number of hydrogen-bond acceptors (Lipinski definition) is 4. The molecular formula is C14H20N2O2. The minimum Gasteiger partial charge on any atom is -0.385 e. The Balaban J connectivity index is 1.70. The monoisotopic (exact) mass is 248 g/mol. The van der Waals surface area contributed by atoms with Gasteiger partial charge in [-0.1, -0.05) is 5.16 Å². The first-order chi connectivity index (χ1) is 8.64. The zero-order valence-electron chi connectivity index (χ0n) is 10.8. The van der Waals surface area contributed by atoms with E-state index in [1.807, 2.05) is 0 Å². The Hall–Kier alpha value is -0.900. The Labute approximate surface area is 107 Å². The van der Waals surface area contributed by atoms with Crippen LogP contribution in [0.4, 0.5) is 0 Å². The van der Waals surface area contributed by atoms with E-state index >= 15 is 0 Å². The molecule has 4 aliphatic rings. The number of rotatable bonds is 2. The Bertz CT molecular complexity index is 431. The second-order valence-electron chi connectivity index (χ2n) is 6.83. The van der Waals surface area contributed by atoms with E-state index in [1.54, 1.807) is 6.92 Å². The van der Waals surface area contributed by atoms with Crippen LogP contribution in [-0.4, -0.2) is 15.2 Å². The lowest BCUT2D eigenvalue weighted by atomic mass is 9.49. The van der Waals surface area contributed by atoms with Crippen molar-refractivity contribution in [3.05, 3.63) is 11.7 Å². The van der Waals surface area contributed by atoms with E-state index in [0.717, 1.165) is 23.6 Å². The van der Waals surface area contributed by atoms with Crippen LogP contribution in [0.2, 0.25) is 0 Å². The average Bonchev–Trinajstić information content (AvgIpc) is 2.76. The zero-order valence-corrected chi connectivity index (χ0v) is 10.8. The molecule has 0 amide bonds. The molecule has 4 bridgehead atoms. The lowest BCUT2D eigenvalue weighted by molar-refractivity contribution is -0.0201. The topological polar surface area (TPSA) is 59.2 Å². The van der Waals surface area contributed by atoms with Crippen molar-refractivity contribution in [1.29, 1.82) is 0 Å². The van der Waals surface area contributed by atoms with Gasteiger partial charge in [-0.05, 0) is 63.2 Å². The van der Waals surface area contributed by atoms with Crippen LogP contribution in [0.5, 0.6) is 0 Å². The van der Waals surface area contributed by atoms with E-state index in [1.165, 1.54) is 38.5 Å². The van der Waals surface area contributed by atoms with Crippen LogP contribution in [-0.2, 0) is 5.41 Å². The van der Waals surface area contributed by atoms with Gasteiger partial charge in [0, 0.05) is 0 Å². The molecule has 1 aromatic rings. The molecule has 0 saturated heterocycles. The summed E-state index contributed by atoms with van der Waals surface area (Å²) in [5.74, 6) is 3.87. The maximum Gasteiger partial charge on any atom is 0.232 e. The molecule has 4 aliphatic carbocycles. The van der Waals surface area contributed by atoms with E-state index in [4.69, 9.17) is 4.52 Å². The van der Waals surface area contributed by atoms with Crippen molar-refractivity contribution in [2.45, 2.75) is 57.0 Å². The fourth-order valence-corrected chi connectivity index (χ4v) is 4.99. The molecule has 18 heavy (non-hydrogen) atoms. The maximum atomic E-state index is 9.53. The van der Waals surface area contributed by atoms with Crippen molar-refractivity contribution in [2.24, 2.45) is 17.8 Å². The molecule has 1 aromatic heterocycles. The third-order valence-electron chi connectivity index (χ3n) is 5.31. The Morgan fingerprint density at radius 3 is 2.17 bits per heavy atom. The summed E-state index contributed by atoms with van der Waals surface area (Å²) in [6.07, 6.45) is 7.28. The highest BCUT2D eigenvalue weighted by molar-refractivity contribution is 5.15. The maximum absolute atomic E-state index is 9.53. The number of aliphatic hydroxyl groups excluding tert-OH is 1. The van der Waals surface area contributed by atoms with Crippen LogP contribution >= 0.6 is 0 Å². The Morgan fingerprint density at radius 2 is 1.72 bits per heavy atom. The van der Waals surface area contributed by atoms with Gasteiger partial charge in [-0.2, -0.15) is 4.98 Å². The van der Waals surface area contributed by atoms with Gasteiger partial charge >= 0.3 is 0 Å². The van der Waals surface area contributed by atoms with Gasteiger partial charge in [0.1, 0.15) is 6.10 Å². The van der Waals surface area contributed by atoms with Crippen molar-refractivity contribution in [1.82, 2.24) is 10.1 Å². The molecule has 0 spiro atoms. The van der Waals surface area contributed by atoms with Crippen LogP contribution in [0, 0.1) is 17.8 Å². The normalized spacial score (nSPS) is 43.3. The largest absolute Gasteiger partial charge is 0.385 e. The van der Waals surface area contributed by atoms with E-state index in [0.29, 0.717) is 5.82 Å². The van der Waals surface area contributed by atoms with Crippen molar-refractivity contribution in [2.75, 3.05) is 0 Å². The fourth-order valence-electron chi connectivity index (χ4n) is 4.99. The quantitative estimate of drug-likeness (QED) is 0.874. The predicted octanol–water partition coefficient (Wildman–Crippen LogP) is 2.59. The molecule has 0 aromatic carbocycles. The number of hydrogen-bond donors (Lipinski definition) is 1. The van der Waals surface area contributed by atoms with Crippen LogP contribution in [0.1, 0.15) is 63.3 Å². The summed E-state index contributed by atoms with van der Waals surface area (Å²) < 4.78 is 5.49. The summed E-state index contributed by atoms with van der Waals surface area (Å²) >= 11 is 0. The average molecular weight is 248 g/mol. The molecule has 1 N–H and O–H groups in total. The van der Waals surface area contributed by atoms with E-state index in [2.05, 4.69) is 10.1 Å². The van der Waals surface area contributed by atoms with Gasteiger partial charge in [0.25, 0.3) is 0 Å². The van der Waals surface area contributed by atoms with E-state index < -0.39 is 6.10 Å². The minimum atomic E-state index is -0.628. The molecule has 4 heteroatoms. The molecule has 4 saturated carbocycles. The Morgan fingerprint density at radius 1 is 1.17 bits per heavy atom. The van der Waals surface area contributed by atoms with Gasteiger partial charge in [0.05, 0.1) is 5.41 Å². The van der Waals surface area contributed by atoms with Gasteiger partial charge in [-0.25, -0.2) is 0 Å². The highest BCUT2D eigenvalue weighted by Crippen LogP contribution is 2.60. The molecule has 4 fully saturated rings. The highest BCUT2D eigenvalue weighted by atomic mass is 16.5. The summed E-state index contributed by atoms with van der Waals surface area (Å²) in [4.78, 5) is 4.47. The fraction of sp³-hybridized carbons (Fsp3) is 0.857. The summed E-state index contributed by atoms with van der Waals surface area (Å²) in [6, 6.07) is 0. The smallest absolute Gasteiger partial charge is 0.232 e. The van der Waals surface area contributed by atoms with E-state index in [9.17, 15) is 5.11 Å². The highest BCUT2D eigenvalue weighted by Gasteiger charge is 2.54.